The normalized spacial score (nSPS) is 15.3. The molecule has 1 saturated heterocycles. The molecule has 0 N–H and O–H groups in total. The second-order valence-electron chi connectivity index (χ2n) is 7.25. The van der Waals surface area contributed by atoms with Crippen molar-refractivity contribution < 1.29 is 4.79 Å². The van der Waals surface area contributed by atoms with Crippen molar-refractivity contribution in [3.8, 4) is 0 Å². The third kappa shape index (κ3) is 4.29. The zero-order valence-corrected chi connectivity index (χ0v) is 15.9. The topological polar surface area (TPSA) is 36.4 Å². The Morgan fingerprint density at radius 1 is 0.929 bits per heavy atom. The van der Waals surface area contributed by atoms with E-state index in [0.717, 1.165) is 43.7 Å². The number of amides is 1. The van der Waals surface area contributed by atoms with Gasteiger partial charge in [-0.2, -0.15) is 0 Å². The number of carbonyl (C=O) groups excluding carboxylic acids is 1. The molecule has 142 valence electrons. The van der Waals surface area contributed by atoms with Gasteiger partial charge in [-0.1, -0.05) is 48.5 Å². The number of hydrogen-bond donors (Lipinski definition) is 0. The van der Waals surface area contributed by atoms with Gasteiger partial charge in [-0.05, 0) is 42.7 Å². The monoisotopic (exact) mass is 371 g/mol. The molecule has 0 bridgehead atoms. The largest absolute Gasteiger partial charge is 0.304 e. The summed E-state index contributed by atoms with van der Waals surface area (Å²) in [6.07, 6.45) is 5.45. The molecule has 0 aliphatic carbocycles. The summed E-state index contributed by atoms with van der Waals surface area (Å²) >= 11 is 0. The maximum absolute atomic E-state index is 13.3. The number of aromatic nitrogens is 1. The quantitative estimate of drug-likeness (QED) is 0.667. The van der Waals surface area contributed by atoms with Gasteiger partial charge in [-0.15, -0.1) is 0 Å². The van der Waals surface area contributed by atoms with Gasteiger partial charge in [0.2, 0.25) is 0 Å². The van der Waals surface area contributed by atoms with Gasteiger partial charge in [-0.25, -0.2) is 0 Å². The molecule has 1 aromatic heterocycles. The van der Waals surface area contributed by atoms with Crippen LogP contribution in [0.5, 0.6) is 0 Å². The Morgan fingerprint density at radius 3 is 2.25 bits per heavy atom. The zero-order valence-electron chi connectivity index (χ0n) is 15.9. The Morgan fingerprint density at radius 2 is 1.61 bits per heavy atom. The average Bonchev–Trinajstić information content (AvgIpc) is 2.77. The van der Waals surface area contributed by atoms with Gasteiger partial charge < -0.3 is 4.90 Å². The number of carbonyl (C=O) groups is 1. The number of anilines is 1. The second kappa shape index (κ2) is 8.81. The summed E-state index contributed by atoms with van der Waals surface area (Å²) in [5.41, 5.74) is 2.93. The Labute approximate surface area is 166 Å². The molecule has 1 amide bonds. The number of pyridine rings is 1. The molecule has 0 unspecified atom stereocenters. The van der Waals surface area contributed by atoms with E-state index in [4.69, 9.17) is 0 Å². The van der Waals surface area contributed by atoms with Crippen molar-refractivity contribution in [1.29, 1.82) is 0 Å². The van der Waals surface area contributed by atoms with Gasteiger partial charge in [0.15, 0.2) is 0 Å². The van der Waals surface area contributed by atoms with Gasteiger partial charge in [0, 0.05) is 37.4 Å². The van der Waals surface area contributed by atoms with Crippen LogP contribution < -0.4 is 4.90 Å². The number of rotatable bonds is 5. The van der Waals surface area contributed by atoms with E-state index in [1.807, 2.05) is 47.4 Å². The fourth-order valence-corrected chi connectivity index (χ4v) is 3.89. The van der Waals surface area contributed by atoms with Crippen molar-refractivity contribution in [3.05, 3.63) is 96.3 Å². The standard InChI is InChI=1S/C24H25N3O/c28-24(21-10-5-2-6-11-21)27(23-12-7-15-25-18-23)22-13-16-26(17-14-22)19-20-8-3-1-4-9-20/h1-12,15,18,22H,13-14,16-17,19H2. The van der Waals surface area contributed by atoms with E-state index in [-0.39, 0.29) is 11.9 Å². The number of piperidine rings is 1. The Hall–Kier alpha value is -2.98. The van der Waals surface area contributed by atoms with Gasteiger partial charge >= 0.3 is 0 Å². The minimum Gasteiger partial charge on any atom is -0.304 e. The molecule has 28 heavy (non-hydrogen) atoms. The third-order valence-corrected chi connectivity index (χ3v) is 5.33. The molecule has 0 radical (unpaired) electrons. The highest BCUT2D eigenvalue weighted by atomic mass is 16.2. The van der Waals surface area contributed by atoms with Crippen molar-refractivity contribution in [2.45, 2.75) is 25.4 Å². The lowest BCUT2D eigenvalue weighted by atomic mass is 10.0. The Kier molecular flexibility index (Phi) is 5.78. The number of likely N-dealkylation sites (tertiary alicyclic amines) is 1. The highest BCUT2D eigenvalue weighted by Crippen LogP contribution is 2.26. The van der Waals surface area contributed by atoms with Crippen LogP contribution in [0.1, 0.15) is 28.8 Å². The first-order valence-electron chi connectivity index (χ1n) is 9.86. The smallest absolute Gasteiger partial charge is 0.258 e. The maximum atomic E-state index is 13.3. The lowest BCUT2D eigenvalue weighted by molar-refractivity contribution is 0.0958. The molecule has 1 aliphatic rings. The summed E-state index contributed by atoms with van der Waals surface area (Å²) in [7, 11) is 0. The number of benzene rings is 2. The molecular weight excluding hydrogens is 346 g/mol. The lowest BCUT2D eigenvalue weighted by Crippen LogP contribution is -2.47. The van der Waals surface area contributed by atoms with E-state index < -0.39 is 0 Å². The summed E-state index contributed by atoms with van der Waals surface area (Å²) in [4.78, 5) is 22.0. The molecule has 4 nitrogen and oxygen atoms in total. The Balaban J connectivity index is 1.49. The van der Waals surface area contributed by atoms with Crippen molar-refractivity contribution >= 4 is 11.6 Å². The minimum atomic E-state index is 0.0510. The molecule has 2 aromatic carbocycles. The summed E-state index contributed by atoms with van der Waals surface area (Å²) < 4.78 is 0. The van der Waals surface area contributed by atoms with E-state index in [0.29, 0.717) is 0 Å². The van der Waals surface area contributed by atoms with Crippen LogP contribution in [0.3, 0.4) is 0 Å². The molecule has 1 aliphatic heterocycles. The summed E-state index contributed by atoms with van der Waals surface area (Å²) in [6, 6.07) is 24.2. The highest BCUT2D eigenvalue weighted by Gasteiger charge is 2.30. The van der Waals surface area contributed by atoms with Crippen molar-refractivity contribution in [2.75, 3.05) is 18.0 Å². The fraction of sp³-hybridized carbons (Fsp3) is 0.250. The predicted molar refractivity (Wildman–Crippen MR) is 112 cm³/mol. The molecular formula is C24H25N3O. The van der Waals surface area contributed by atoms with Gasteiger partial charge in [0.25, 0.3) is 5.91 Å². The molecule has 0 atom stereocenters. The molecule has 1 fully saturated rings. The molecule has 4 heteroatoms. The van der Waals surface area contributed by atoms with E-state index in [1.165, 1.54) is 5.56 Å². The van der Waals surface area contributed by atoms with Crippen LogP contribution >= 0.6 is 0 Å². The average molecular weight is 371 g/mol. The summed E-state index contributed by atoms with van der Waals surface area (Å²) in [5, 5.41) is 0. The SMILES string of the molecule is O=C(c1ccccc1)N(c1cccnc1)C1CCN(Cc2ccccc2)CC1. The molecule has 0 saturated carbocycles. The fourth-order valence-electron chi connectivity index (χ4n) is 3.89. The van der Waals surface area contributed by atoms with Gasteiger partial charge in [-0.3, -0.25) is 14.7 Å². The Bertz CT molecular complexity index is 875. The van der Waals surface area contributed by atoms with Gasteiger partial charge in [0.1, 0.15) is 0 Å². The molecule has 4 rings (SSSR count). The van der Waals surface area contributed by atoms with Crippen LogP contribution in [0.2, 0.25) is 0 Å². The van der Waals surface area contributed by atoms with E-state index in [2.05, 4.69) is 40.2 Å². The first kappa shape index (κ1) is 18.4. The van der Waals surface area contributed by atoms with Crippen LogP contribution in [0.25, 0.3) is 0 Å². The van der Waals surface area contributed by atoms with E-state index in [9.17, 15) is 4.79 Å². The lowest BCUT2D eigenvalue weighted by Gasteiger charge is -2.38. The second-order valence-corrected chi connectivity index (χ2v) is 7.25. The zero-order chi connectivity index (χ0) is 19.2. The van der Waals surface area contributed by atoms with Crippen LogP contribution in [-0.4, -0.2) is 34.9 Å². The third-order valence-electron chi connectivity index (χ3n) is 5.33. The van der Waals surface area contributed by atoms with Crippen LogP contribution in [0, 0.1) is 0 Å². The van der Waals surface area contributed by atoms with Crippen LogP contribution in [-0.2, 0) is 6.54 Å². The van der Waals surface area contributed by atoms with Crippen LogP contribution in [0.15, 0.2) is 85.2 Å². The summed E-state index contributed by atoms with van der Waals surface area (Å²) in [6.45, 7) is 2.93. The van der Waals surface area contributed by atoms with Crippen molar-refractivity contribution in [2.24, 2.45) is 0 Å². The van der Waals surface area contributed by atoms with Gasteiger partial charge in [0.05, 0.1) is 11.9 Å². The van der Waals surface area contributed by atoms with Crippen molar-refractivity contribution in [3.63, 3.8) is 0 Å². The summed E-state index contributed by atoms with van der Waals surface area (Å²) in [5.74, 6) is 0.0510. The van der Waals surface area contributed by atoms with Crippen molar-refractivity contribution in [1.82, 2.24) is 9.88 Å². The molecule has 3 aromatic rings. The van der Waals surface area contributed by atoms with E-state index >= 15 is 0 Å². The number of nitrogens with zero attached hydrogens (tertiary/aromatic N) is 3. The van der Waals surface area contributed by atoms with Crippen LogP contribution in [0.4, 0.5) is 5.69 Å². The highest BCUT2D eigenvalue weighted by molar-refractivity contribution is 6.06. The predicted octanol–water partition coefficient (Wildman–Crippen LogP) is 4.39. The molecule has 0 spiro atoms. The van der Waals surface area contributed by atoms with E-state index in [1.54, 1.807) is 12.4 Å². The first-order valence-corrected chi connectivity index (χ1v) is 9.86. The molecule has 2 heterocycles. The number of hydrogen-bond acceptors (Lipinski definition) is 3. The minimum absolute atomic E-state index is 0.0510. The first-order chi connectivity index (χ1) is 13.8. The maximum Gasteiger partial charge on any atom is 0.258 e.